The summed E-state index contributed by atoms with van der Waals surface area (Å²) in [4.78, 5) is 21.8. The molecule has 11 nitrogen and oxygen atoms in total. The molecular formula is C23H27N7O4S. The molecule has 0 atom stereocenters. The Labute approximate surface area is 203 Å². The Kier molecular flexibility index (Phi) is 6.58. The minimum Gasteiger partial charge on any atom is -0.384 e. The summed E-state index contributed by atoms with van der Waals surface area (Å²) in [5, 5.41) is 11.4. The number of carbonyl (C=O) groups is 1. The number of rotatable bonds is 7. The molecule has 0 fully saturated rings. The Hall–Kier alpha value is -3.22. The van der Waals surface area contributed by atoms with Crippen molar-refractivity contribution < 1.29 is 17.9 Å². The van der Waals surface area contributed by atoms with E-state index in [9.17, 15) is 13.2 Å². The summed E-state index contributed by atoms with van der Waals surface area (Å²) in [6.45, 7) is 1.58. The smallest absolute Gasteiger partial charge is 0.275 e. The van der Waals surface area contributed by atoms with Crippen LogP contribution >= 0.6 is 0 Å². The molecule has 1 amide bonds. The van der Waals surface area contributed by atoms with Crippen molar-refractivity contribution in [1.82, 2.24) is 29.0 Å². The van der Waals surface area contributed by atoms with Gasteiger partial charge < -0.3 is 14.6 Å². The zero-order chi connectivity index (χ0) is 24.4. The maximum absolute atomic E-state index is 13.0. The molecule has 0 radical (unpaired) electrons. The third kappa shape index (κ3) is 4.95. The fraction of sp³-hybridized carbons (Fsp3) is 0.435. The molecule has 35 heavy (non-hydrogen) atoms. The van der Waals surface area contributed by atoms with E-state index in [0.717, 1.165) is 42.8 Å². The highest BCUT2D eigenvalue weighted by atomic mass is 32.2. The van der Waals surface area contributed by atoms with E-state index in [1.807, 2.05) is 12.1 Å². The van der Waals surface area contributed by atoms with Gasteiger partial charge in [-0.3, -0.25) is 9.78 Å². The molecular weight excluding hydrogens is 470 g/mol. The van der Waals surface area contributed by atoms with E-state index < -0.39 is 15.9 Å². The second kappa shape index (κ2) is 9.80. The summed E-state index contributed by atoms with van der Waals surface area (Å²) in [6, 6.07) is 7.02. The molecule has 0 saturated heterocycles. The second-order valence-electron chi connectivity index (χ2n) is 8.64. The van der Waals surface area contributed by atoms with Gasteiger partial charge in [0.2, 0.25) is 10.0 Å². The predicted molar refractivity (Wildman–Crippen MR) is 128 cm³/mol. The monoisotopic (exact) mass is 497 g/mol. The molecule has 5 heterocycles. The highest BCUT2D eigenvalue weighted by molar-refractivity contribution is 7.89. The number of hydrogen-bond donors (Lipinski definition) is 1. The molecule has 12 heteroatoms. The average Bonchev–Trinajstić information content (AvgIpc) is 3.31. The number of hydrogen-bond acceptors (Lipinski definition) is 8. The number of nitrogens with zero attached hydrogens (tertiary/aromatic N) is 6. The van der Waals surface area contributed by atoms with Gasteiger partial charge in [-0.1, -0.05) is 6.07 Å². The fourth-order valence-corrected chi connectivity index (χ4v) is 5.74. The van der Waals surface area contributed by atoms with Gasteiger partial charge in [-0.05, 0) is 48.6 Å². The van der Waals surface area contributed by atoms with Crippen molar-refractivity contribution in [3.63, 3.8) is 0 Å². The van der Waals surface area contributed by atoms with Gasteiger partial charge in [0.15, 0.2) is 5.82 Å². The lowest BCUT2D eigenvalue weighted by Gasteiger charge is -2.28. The quantitative estimate of drug-likeness (QED) is 0.521. The molecule has 5 rings (SSSR count). The molecule has 0 unspecified atom stereocenters. The van der Waals surface area contributed by atoms with Gasteiger partial charge >= 0.3 is 0 Å². The summed E-state index contributed by atoms with van der Waals surface area (Å²) in [7, 11) is -1.96. The van der Waals surface area contributed by atoms with E-state index in [4.69, 9.17) is 4.74 Å². The van der Waals surface area contributed by atoms with E-state index >= 15 is 0 Å². The summed E-state index contributed by atoms with van der Waals surface area (Å²) in [6.07, 6.45) is 5.27. The van der Waals surface area contributed by atoms with Gasteiger partial charge in [0, 0.05) is 39.4 Å². The average molecular weight is 498 g/mol. The van der Waals surface area contributed by atoms with Crippen molar-refractivity contribution in [3.8, 4) is 11.5 Å². The molecule has 3 aromatic rings. The van der Waals surface area contributed by atoms with Crippen molar-refractivity contribution >= 4 is 21.7 Å². The number of ether oxygens (including phenoxy) is 1. The fourth-order valence-electron chi connectivity index (χ4n) is 4.40. The third-order valence-electron chi connectivity index (χ3n) is 6.31. The largest absolute Gasteiger partial charge is 0.384 e. The first-order valence-corrected chi connectivity index (χ1v) is 13.2. The van der Waals surface area contributed by atoms with Crippen LogP contribution in [0, 0.1) is 0 Å². The molecule has 0 aliphatic carbocycles. The molecule has 0 spiro atoms. The topological polar surface area (TPSA) is 132 Å². The maximum Gasteiger partial charge on any atom is 0.275 e. The number of sulfonamides is 1. The highest BCUT2D eigenvalue weighted by Crippen LogP contribution is 2.24. The number of methoxy groups -OCH3 is 1. The lowest BCUT2D eigenvalue weighted by molar-refractivity contribution is 0.102. The van der Waals surface area contributed by atoms with Crippen molar-refractivity contribution in [2.45, 2.75) is 38.8 Å². The maximum atomic E-state index is 13.0. The summed E-state index contributed by atoms with van der Waals surface area (Å²) in [5.41, 5.74) is 2.55. The number of nitrogens with one attached hydrogen (secondary N) is 1. The zero-order valence-corrected chi connectivity index (χ0v) is 20.3. The zero-order valence-electron chi connectivity index (χ0n) is 19.5. The first-order valence-electron chi connectivity index (χ1n) is 11.6. The Balaban J connectivity index is 1.32. The van der Waals surface area contributed by atoms with Gasteiger partial charge in [0.1, 0.15) is 23.0 Å². The number of aryl methyl sites for hydroxylation is 1. The Morgan fingerprint density at radius 1 is 1.14 bits per heavy atom. The van der Waals surface area contributed by atoms with Gasteiger partial charge in [0.25, 0.3) is 5.91 Å². The van der Waals surface area contributed by atoms with Crippen LogP contribution in [-0.2, 0) is 40.7 Å². The van der Waals surface area contributed by atoms with E-state index in [0.29, 0.717) is 30.3 Å². The number of aromatic nitrogens is 5. The predicted octanol–water partition coefficient (Wildman–Crippen LogP) is 1.66. The summed E-state index contributed by atoms with van der Waals surface area (Å²) in [5.74, 6) is 1.54. The van der Waals surface area contributed by atoms with Crippen LogP contribution < -0.4 is 5.32 Å². The SMILES string of the molecule is COCCS(=O)(=O)N1CCc2cnc(C(=O)Nc3cccc(-c4nnc5n4CCCC5)n3)cc2C1. The Bertz CT molecular complexity index is 1360. The summed E-state index contributed by atoms with van der Waals surface area (Å²) < 4.78 is 33.6. The number of fused-ring (bicyclic) bond motifs is 2. The van der Waals surface area contributed by atoms with Gasteiger partial charge in [-0.25, -0.2) is 13.4 Å². The van der Waals surface area contributed by atoms with Crippen LogP contribution in [0.2, 0.25) is 0 Å². The normalized spacial score (nSPS) is 15.9. The number of pyridine rings is 2. The Morgan fingerprint density at radius 3 is 2.89 bits per heavy atom. The number of amides is 1. The molecule has 2 aliphatic heterocycles. The van der Waals surface area contributed by atoms with Crippen LogP contribution in [0.5, 0.6) is 0 Å². The minimum absolute atomic E-state index is 0.0749. The lowest BCUT2D eigenvalue weighted by atomic mass is 10.0. The van der Waals surface area contributed by atoms with Crippen LogP contribution in [0.4, 0.5) is 5.82 Å². The molecule has 0 aromatic carbocycles. The molecule has 3 aromatic heterocycles. The number of carbonyl (C=O) groups excluding carboxylic acids is 1. The third-order valence-corrected chi connectivity index (χ3v) is 8.09. The highest BCUT2D eigenvalue weighted by Gasteiger charge is 2.27. The molecule has 0 bridgehead atoms. The molecule has 1 N–H and O–H groups in total. The lowest BCUT2D eigenvalue weighted by Crippen LogP contribution is -2.38. The van der Waals surface area contributed by atoms with Crippen LogP contribution in [0.25, 0.3) is 11.5 Å². The van der Waals surface area contributed by atoms with Gasteiger partial charge in [0.05, 0.1) is 12.4 Å². The van der Waals surface area contributed by atoms with E-state index in [2.05, 4.69) is 30.0 Å². The van der Waals surface area contributed by atoms with Crippen molar-refractivity contribution in [2.75, 3.05) is 31.3 Å². The molecule has 0 saturated carbocycles. The van der Waals surface area contributed by atoms with Crippen molar-refractivity contribution in [3.05, 3.63) is 53.1 Å². The first-order chi connectivity index (χ1) is 16.9. The van der Waals surface area contributed by atoms with Crippen LogP contribution in [0.1, 0.15) is 40.3 Å². The standard InChI is InChI=1S/C23H27N7O4S/c1-34-11-12-35(32,33)29-10-8-16-14-24-19(13-17(16)15-29)23(31)26-20-6-4-5-18(25-20)22-28-27-21-7-2-3-9-30(21)22/h4-6,13-14H,2-3,7-12,15H2,1H3,(H,25,26,31). The van der Waals surface area contributed by atoms with Crippen LogP contribution in [0.3, 0.4) is 0 Å². The first kappa shape index (κ1) is 23.5. The van der Waals surface area contributed by atoms with Gasteiger partial charge in [-0.2, -0.15) is 4.31 Å². The van der Waals surface area contributed by atoms with Crippen molar-refractivity contribution in [1.29, 1.82) is 0 Å². The Morgan fingerprint density at radius 2 is 2.03 bits per heavy atom. The van der Waals surface area contributed by atoms with E-state index in [-0.39, 0.29) is 24.6 Å². The minimum atomic E-state index is -3.44. The number of anilines is 1. The molecule has 2 aliphatic rings. The molecule has 184 valence electrons. The van der Waals surface area contributed by atoms with Crippen molar-refractivity contribution in [2.24, 2.45) is 0 Å². The second-order valence-corrected chi connectivity index (χ2v) is 10.7. The van der Waals surface area contributed by atoms with E-state index in [1.165, 1.54) is 11.4 Å². The van der Waals surface area contributed by atoms with Crippen LogP contribution in [0.15, 0.2) is 30.5 Å². The summed E-state index contributed by atoms with van der Waals surface area (Å²) >= 11 is 0. The van der Waals surface area contributed by atoms with Gasteiger partial charge in [-0.15, -0.1) is 10.2 Å². The van der Waals surface area contributed by atoms with Crippen LogP contribution in [-0.4, -0.2) is 69.4 Å². The van der Waals surface area contributed by atoms with E-state index in [1.54, 1.807) is 18.3 Å².